The van der Waals surface area contributed by atoms with Crippen LogP contribution in [0.15, 0.2) is 71.1 Å². The van der Waals surface area contributed by atoms with Gasteiger partial charge in [-0.2, -0.15) is 0 Å². The number of carbonyl (C=O) groups is 1. The molecule has 5 aromatic rings. The predicted octanol–water partition coefficient (Wildman–Crippen LogP) is 10.2. The van der Waals surface area contributed by atoms with Crippen molar-refractivity contribution in [1.82, 2.24) is 0 Å². The van der Waals surface area contributed by atoms with E-state index in [0.29, 0.717) is 40.0 Å². The minimum absolute atomic E-state index is 0.364. The summed E-state index contributed by atoms with van der Waals surface area (Å²) in [5.41, 5.74) is 9.12. The Morgan fingerprint density at radius 1 is 0.703 bits per heavy atom. The van der Waals surface area contributed by atoms with Crippen molar-refractivity contribution in [2.24, 2.45) is 0 Å². The highest BCUT2D eigenvalue weighted by Gasteiger charge is 2.20. The second-order valence-corrected chi connectivity index (χ2v) is 10.9. The predicted molar refractivity (Wildman–Crippen MR) is 152 cm³/mol. The van der Waals surface area contributed by atoms with Crippen LogP contribution in [0.5, 0.6) is 0 Å². The van der Waals surface area contributed by atoms with Gasteiger partial charge in [0.1, 0.15) is 17.0 Å². The van der Waals surface area contributed by atoms with Gasteiger partial charge in [0.05, 0.1) is 0 Å². The number of hydrogen-bond donors (Lipinski definition) is 0. The first kappa shape index (κ1) is 25.0. The Labute approximate surface area is 218 Å². The smallest absolute Gasteiger partial charge is 0.150 e. The van der Waals surface area contributed by atoms with Crippen molar-refractivity contribution in [3.63, 3.8) is 0 Å². The molecule has 1 heterocycles. The number of hydrogen-bond acceptors (Lipinski definition) is 2. The summed E-state index contributed by atoms with van der Waals surface area (Å²) in [7, 11) is 0. The van der Waals surface area contributed by atoms with Crippen LogP contribution >= 0.6 is 0 Å². The average molecular weight is 493 g/mol. The maximum atomic E-state index is 15.3. The van der Waals surface area contributed by atoms with Crippen molar-refractivity contribution in [3.05, 3.63) is 94.8 Å². The lowest BCUT2D eigenvalue weighted by molar-refractivity contribution is 0.112. The molecule has 0 bridgehead atoms. The van der Waals surface area contributed by atoms with E-state index in [4.69, 9.17) is 4.42 Å². The van der Waals surface area contributed by atoms with E-state index in [2.05, 4.69) is 65.8 Å². The molecule has 0 amide bonds. The number of aldehydes is 1. The third-order valence-corrected chi connectivity index (χ3v) is 7.36. The number of halogens is 1. The largest absolute Gasteiger partial charge is 0.456 e. The van der Waals surface area contributed by atoms with Gasteiger partial charge in [-0.1, -0.05) is 84.0 Å². The van der Waals surface area contributed by atoms with Gasteiger partial charge in [0.15, 0.2) is 6.29 Å². The minimum atomic E-state index is -0.373. The molecular weight excluding hydrogens is 459 g/mol. The quantitative estimate of drug-likeness (QED) is 0.221. The Hall–Kier alpha value is -3.72. The van der Waals surface area contributed by atoms with Crippen molar-refractivity contribution in [2.75, 3.05) is 0 Å². The summed E-state index contributed by atoms with van der Waals surface area (Å²) in [5.74, 6) is 0.816. The van der Waals surface area contributed by atoms with E-state index >= 15 is 4.39 Å². The molecule has 0 fully saturated rings. The van der Waals surface area contributed by atoms with Crippen molar-refractivity contribution in [3.8, 4) is 22.3 Å². The van der Waals surface area contributed by atoms with E-state index < -0.39 is 0 Å². The Kier molecular flexibility index (Phi) is 6.49. The fourth-order valence-corrected chi connectivity index (χ4v) is 5.29. The molecular formula is C34H33FO2. The maximum absolute atomic E-state index is 15.3. The van der Waals surface area contributed by atoms with Crippen LogP contribution in [-0.2, 0) is 0 Å². The topological polar surface area (TPSA) is 30.2 Å². The Balaban J connectivity index is 1.72. The molecule has 0 saturated heterocycles. The lowest BCUT2D eigenvalue weighted by atomic mass is 9.81. The van der Waals surface area contributed by atoms with Crippen molar-refractivity contribution < 1.29 is 13.6 Å². The van der Waals surface area contributed by atoms with Crippen LogP contribution in [0.1, 0.15) is 86.3 Å². The normalized spacial score (nSPS) is 11.9. The standard InChI is InChI=1S/C34H33FO2/c1-19(2)24-13-27(20(3)4)34(28(14-24)21(5)6)22-11-12-26-30-16-31(35)29(17-33(30)37-32(26)15-22)25-10-8-7-9-23(25)18-36/h7-21H,1-6H3. The lowest BCUT2D eigenvalue weighted by Crippen LogP contribution is -2.03. The Morgan fingerprint density at radius 3 is 1.97 bits per heavy atom. The molecule has 1 aromatic heterocycles. The van der Waals surface area contributed by atoms with Gasteiger partial charge in [-0.25, -0.2) is 4.39 Å². The second kappa shape index (κ2) is 9.63. The van der Waals surface area contributed by atoms with Gasteiger partial charge in [0.2, 0.25) is 0 Å². The third-order valence-electron chi connectivity index (χ3n) is 7.36. The zero-order valence-corrected chi connectivity index (χ0v) is 22.4. The molecule has 0 aliphatic heterocycles. The first-order valence-electron chi connectivity index (χ1n) is 13.1. The van der Waals surface area contributed by atoms with Crippen LogP contribution in [0.3, 0.4) is 0 Å². The fraction of sp³-hybridized carbons (Fsp3) is 0.265. The van der Waals surface area contributed by atoms with Crippen LogP contribution < -0.4 is 0 Å². The van der Waals surface area contributed by atoms with Gasteiger partial charge < -0.3 is 4.42 Å². The summed E-state index contributed by atoms with van der Waals surface area (Å²) in [6.07, 6.45) is 0.757. The highest BCUT2D eigenvalue weighted by atomic mass is 19.1. The van der Waals surface area contributed by atoms with Crippen LogP contribution in [-0.4, -0.2) is 6.29 Å². The Bertz CT molecular complexity index is 1610. The number of rotatable bonds is 6. The summed E-state index contributed by atoms with van der Waals surface area (Å²) < 4.78 is 21.6. The summed E-state index contributed by atoms with van der Waals surface area (Å²) >= 11 is 0. The van der Waals surface area contributed by atoms with E-state index in [1.165, 1.54) is 28.3 Å². The molecule has 0 atom stereocenters. The second-order valence-electron chi connectivity index (χ2n) is 10.9. The summed E-state index contributed by atoms with van der Waals surface area (Å²) in [5, 5.41) is 1.61. The molecule has 2 nitrogen and oxygen atoms in total. The summed E-state index contributed by atoms with van der Waals surface area (Å²) in [4.78, 5) is 11.6. The van der Waals surface area contributed by atoms with Crippen LogP contribution in [0.4, 0.5) is 4.39 Å². The summed E-state index contributed by atoms with van der Waals surface area (Å²) in [6.45, 7) is 13.5. The van der Waals surface area contributed by atoms with E-state index in [1.807, 2.05) is 6.07 Å². The summed E-state index contributed by atoms with van der Waals surface area (Å²) in [6, 6.07) is 21.2. The van der Waals surface area contributed by atoms with Gasteiger partial charge in [-0.05, 0) is 75.4 Å². The van der Waals surface area contributed by atoms with E-state index in [-0.39, 0.29) is 5.82 Å². The molecule has 0 saturated carbocycles. The zero-order chi connectivity index (χ0) is 26.4. The molecule has 0 aliphatic rings. The lowest BCUT2D eigenvalue weighted by Gasteiger charge is -2.23. The van der Waals surface area contributed by atoms with Gasteiger partial charge in [0.25, 0.3) is 0 Å². The number of furan rings is 1. The van der Waals surface area contributed by atoms with Gasteiger partial charge in [0, 0.05) is 21.9 Å². The molecule has 188 valence electrons. The molecule has 37 heavy (non-hydrogen) atoms. The average Bonchev–Trinajstić information content (AvgIpc) is 3.23. The Morgan fingerprint density at radius 2 is 1.35 bits per heavy atom. The monoisotopic (exact) mass is 492 g/mol. The first-order valence-corrected chi connectivity index (χ1v) is 13.1. The first-order chi connectivity index (χ1) is 17.7. The third kappa shape index (κ3) is 4.37. The zero-order valence-electron chi connectivity index (χ0n) is 22.4. The van der Waals surface area contributed by atoms with E-state index in [1.54, 1.807) is 30.3 Å². The van der Waals surface area contributed by atoms with Gasteiger partial charge in [-0.3, -0.25) is 4.79 Å². The SMILES string of the molecule is CC(C)c1cc(C(C)C)c(-c2ccc3c(c2)oc2cc(-c4ccccc4C=O)c(F)cc23)c(C(C)C)c1. The van der Waals surface area contributed by atoms with E-state index in [9.17, 15) is 4.79 Å². The molecule has 5 rings (SSSR count). The molecule has 0 radical (unpaired) electrons. The van der Waals surface area contributed by atoms with Crippen molar-refractivity contribution >= 4 is 28.2 Å². The number of benzene rings is 4. The number of carbonyl (C=O) groups excluding carboxylic acids is 1. The van der Waals surface area contributed by atoms with Crippen molar-refractivity contribution in [1.29, 1.82) is 0 Å². The number of fused-ring (bicyclic) bond motifs is 3. The molecule has 4 aromatic carbocycles. The molecule has 3 heteroatoms. The van der Waals surface area contributed by atoms with Crippen LogP contribution in [0.2, 0.25) is 0 Å². The van der Waals surface area contributed by atoms with Gasteiger partial charge in [-0.15, -0.1) is 0 Å². The van der Waals surface area contributed by atoms with Gasteiger partial charge >= 0.3 is 0 Å². The highest BCUT2D eigenvalue weighted by molar-refractivity contribution is 6.07. The maximum Gasteiger partial charge on any atom is 0.150 e. The van der Waals surface area contributed by atoms with E-state index in [0.717, 1.165) is 28.2 Å². The molecule has 0 aliphatic carbocycles. The molecule has 0 unspecified atom stereocenters. The van der Waals surface area contributed by atoms with Crippen LogP contribution in [0.25, 0.3) is 44.2 Å². The van der Waals surface area contributed by atoms with Crippen LogP contribution in [0, 0.1) is 5.82 Å². The molecule has 0 spiro atoms. The minimum Gasteiger partial charge on any atom is -0.456 e. The highest BCUT2D eigenvalue weighted by Crippen LogP contribution is 2.41. The molecule has 0 N–H and O–H groups in total. The fourth-order valence-electron chi connectivity index (χ4n) is 5.29. The van der Waals surface area contributed by atoms with Crippen molar-refractivity contribution in [2.45, 2.75) is 59.3 Å².